The van der Waals surface area contributed by atoms with Crippen LogP contribution in [0, 0.1) is 0 Å². The van der Waals surface area contributed by atoms with Gasteiger partial charge in [0.15, 0.2) is 16.6 Å². The first-order valence-electron chi connectivity index (χ1n) is 9.96. The summed E-state index contributed by atoms with van der Waals surface area (Å²) >= 11 is 3.02. The molecule has 0 bridgehead atoms. The van der Waals surface area contributed by atoms with Crippen molar-refractivity contribution in [2.24, 2.45) is 0 Å². The third-order valence-electron chi connectivity index (χ3n) is 5.31. The summed E-state index contributed by atoms with van der Waals surface area (Å²) in [6.45, 7) is 2.51. The van der Waals surface area contributed by atoms with E-state index in [0.29, 0.717) is 10.7 Å². The van der Waals surface area contributed by atoms with Crippen LogP contribution in [0.5, 0.6) is 11.5 Å². The Bertz CT molecular complexity index is 1080. The number of benzene rings is 2. The topological polar surface area (TPSA) is 63.7 Å². The van der Waals surface area contributed by atoms with Gasteiger partial charge < -0.3 is 9.47 Å². The Hall–Kier alpha value is -2.55. The number of ether oxygens (including phenoxy) is 2. The molecule has 31 heavy (non-hydrogen) atoms. The summed E-state index contributed by atoms with van der Waals surface area (Å²) in [6, 6.07) is 11.7. The van der Waals surface area contributed by atoms with Gasteiger partial charge in [0.1, 0.15) is 0 Å². The van der Waals surface area contributed by atoms with E-state index in [1.165, 1.54) is 22.5 Å². The van der Waals surface area contributed by atoms with Gasteiger partial charge in [0.25, 0.3) is 5.91 Å². The number of nitrogens with zero attached hydrogens (tertiary/aromatic N) is 2. The van der Waals surface area contributed by atoms with Gasteiger partial charge in [-0.2, -0.15) is 0 Å². The fraction of sp³-hybridized carbons (Fsp3) is 0.304. The maximum absolute atomic E-state index is 12.7. The molecular formula is C23H25N3O3S2. The fourth-order valence-corrected chi connectivity index (χ4v) is 5.03. The molecule has 0 radical (unpaired) electrons. The van der Waals surface area contributed by atoms with Gasteiger partial charge in [0.05, 0.1) is 25.5 Å². The molecule has 1 aliphatic rings. The quantitative estimate of drug-likeness (QED) is 0.522. The number of methoxy groups -OCH3 is 2. The first-order chi connectivity index (χ1) is 15.1. The minimum atomic E-state index is -0.126. The van der Waals surface area contributed by atoms with Crippen molar-refractivity contribution in [2.45, 2.75) is 24.4 Å². The average molecular weight is 456 g/mol. The maximum atomic E-state index is 12.7. The molecule has 6 nitrogen and oxygen atoms in total. The van der Waals surface area contributed by atoms with Crippen molar-refractivity contribution < 1.29 is 14.3 Å². The molecule has 1 aromatic heterocycles. The molecule has 2 heterocycles. The number of thioether (sulfide) groups is 1. The van der Waals surface area contributed by atoms with Gasteiger partial charge in [-0.3, -0.25) is 15.0 Å². The number of carbonyl (C=O) groups excluding carboxylic acids is 1. The molecular weight excluding hydrogens is 430 g/mol. The lowest BCUT2D eigenvalue weighted by Crippen LogP contribution is -2.30. The number of hydrogen-bond acceptors (Lipinski definition) is 7. The largest absolute Gasteiger partial charge is 0.493 e. The Labute approximate surface area is 190 Å². The van der Waals surface area contributed by atoms with Gasteiger partial charge in [0, 0.05) is 29.9 Å². The third kappa shape index (κ3) is 4.87. The van der Waals surface area contributed by atoms with Crippen LogP contribution in [0.15, 0.2) is 46.7 Å². The second-order valence-corrected chi connectivity index (χ2v) is 8.94. The fourth-order valence-electron chi connectivity index (χ4n) is 3.74. The number of anilines is 1. The molecule has 0 saturated carbocycles. The van der Waals surface area contributed by atoms with Crippen molar-refractivity contribution in [3.05, 3.63) is 64.2 Å². The molecule has 4 rings (SSSR count). The van der Waals surface area contributed by atoms with Gasteiger partial charge in [-0.1, -0.05) is 12.1 Å². The van der Waals surface area contributed by atoms with E-state index in [1.54, 1.807) is 26.0 Å². The molecule has 3 aromatic rings. The summed E-state index contributed by atoms with van der Waals surface area (Å²) in [6.07, 6.45) is 2.92. The highest BCUT2D eigenvalue weighted by atomic mass is 32.2. The van der Waals surface area contributed by atoms with E-state index in [-0.39, 0.29) is 5.91 Å². The summed E-state index contributed by atoms with van der Waals surface area (Å²) in [5.41, 5.74) is 4.18. The van der Waals surface area contributed by atoms with Crippen LogP contribution < -0.4 is 14.8 Å². The lowest BCUT2D eigenvalue weighted by molar-refractivity contribution is 0.102. The van der Waals surface area contributed by atoms with Gasteiger partial charge in [0.2, 0.25) is 0 Å². The summed E-state index contributed by atoms with van der Waals surface area (Å²) in [5, 5.41) is 5.58. The predicted octanol–water partition coefficient (Wildman–Crippen LogP) is 4.69. The minimum Gasteiger partial charge on any atom is -0.493 e. The molecule has 0 unspecified atom stereocenters. The van der Waals surface area contributed by atoms with Crippen LogP contribution in [0.1, 0.15) is 27.2 Å². The zero-order chi connectivity index (χ0) is 21.8. The number of rotatable bonds is 7. The average Bonchev–Trinajstić information content (AvgIpc) is 3.24. The second kappa shape index (κ2) is 9.72. The molecule has 1 aliphatic heterocycles. The second-order valence-electron chi connectivity index (χ2n) is 7.23. The monoisotopic (exact) mass is 455 g/mol. The number of amides is 1. The Kier molecular flexibility index (Phi) is 6.80. The SMILES string of the molecule is COc1cc2c(cc1OC)CN(Cc1csc(NC(=O)c3ccccc3SC)n1)CC2. The molecule has 0 saturated heterocycles. The third-order valence-corrected chi connectivity index (χ3v) is 6.91. The first-order valence-corrected chi connectivity index (χ1v) is 12.1. The van der Waals surface area contributed by atoms with E-state index in [4.69, 9.17) is 9.47 Å². The van der Waals surface area contributed by atoms with Gasteiger partial charge in [-0.15, -0.1) is 23.1 Å². The standard InChI is InChI=1S/C23H25N3O3S2/c1-28-19-10-15-8-9-26(12-16(15)11-20(19)29-2)13-17-14-31-23(24-17)25-22(27)18-6-4-5-7-21(18)30-3/h4-7,10-11,14H,8-9,12-13H2,1-3H3,(H,24,25,27). The molecule has 1 N–H and O–H groups in total. The van der Waals surface area contributed by atoms with Crippen LogP contribution in [-0.4, -0.2) is 42.8 Å². The normalized spacial score (nSPS) is 13.5. The first kappa shape index (κ1) is 21.7. The Balaban J connectivity index is 1.41. The summed E-state index contributed by atoms with van der Waals surface area (Å²) in [5.74, 6) is 1.41. The summed E-state index contributed by atoms with van der Waals surface area (Å²) < 4.78 is 10.9. The molecule has 0 atom stereocenters. The number of fused-ring (bicyclic) bond motifs is 1. The van der Waals surface area contributed by atoms with Crippen LogP contribution in [0.4, 0.5) is 5.13 Å². The Morgan fingerprint density at radius 2 is 1.94 bits per heavy atom. The van der Waals surface area contributed by atoms with E-state index < -0.39 is 0 Å². The Morgan fingerprint density at radius 1 is 1.19 bits per heavy atom. The minimum absolute atomic E-state index is 0.126. The van der Waals surface area contributed by atoms with Crippen molar-refractivity contribution in [2.75, 3.05) is 32.3 Å². The van der Waals surface area contributed by atoms with Crippen molar-refractivity contribution in [1.82, 2.24) is 9.88 Å². The van der Waals surface area contributed by atoms with Crippen LogP contribution in [0.25, 0.3) is 0 Å². The summed E-state index contributed by atoms with van der Waals surface area (Å²) in [4.78, 5) is 20.6. The highest BCUT2D eigenvalue weighted by Gasteiger charge is 2.20. The molecule has 0 spiro atoms. The molecule has 0 aliphatic carbocycles. The van der Waals surface area contributed by atoms with Gasteiger partial charge >= 0.3 is 0 Å². The number of nitrogens with one attached hydrogen (secondary N) is 1. The van der Waals surface area contributed by atoms with Crippen LogP contribution >= 0.6 is 23.1 Å². The molecule has 0 fully saturated rings. The zero-order valence-corrected chi connectivity index (χ0v) is 19.4. The number of hydrogen-bond donors (Lipinski definition) is 1. The summed E-state index contributed by atoms with van der Waals surface area (Å²) in [7, 11) is 3.32. The molecule has 1 amide bonds. The van der Waals surface area contributed by atoms with E-state index in [0.717, 1.165) is 48.1 Å². The van der Waals surface area contributed by atoms with Crippen molar-refractivity contribution in [1.29, 1.82) is 0 Å². The Morgan fingerprint density at radius 3 is 2.68 bits per heavy atom. The van der Waals surface area contributed by atoms with E-state index in [9.17, 15) is 4.79 Å². The van der Waals surface area contributed by atoms with Crippen molar-refractivity contribution >= 4 is 34.1 Å². The molecule has 8 heteroatoms. The highest BCUT2D eigenvalue weighted by molar-refractivity contribution is 7.98. The maximum Gasteiger partial charge on any atom is 0.258 e. The van der Waals surface area contributed by atoms with Crippen molar-refractivity contribution in [3.8, 4) is 11.5 Å². The van der Waals surface area contributed by atoms with Gasteiger partial charge in [-0.05, 0) is 48.1 Å². The predicted molar refractivity (Wildman–Crippen MR) is 126 cm³/mol. The van der Waals surface area contributed by atoms with Crippen molar-refractivity contribution in [3.63, 3.8) is 0 Å². The number of thiazole rings is 1. The van der Waals surface area contributed by atoms with Crippen LogP contribution in [0.3, 0.4) is 0 Å². The smallest absolute Gasteiger partial charge is 0.258 e. The van der Waals surface area contributed by atoms with Crippen LogP contribution in [0.2, 0.25) is 0 Å². The lowest BCUT2D eigenvalue weighted by atomic mass is 9.98. The number of carbonyl (C=O) groups is 1. The van der Waals surface area contributed by atoms with Crippen LogP contribution in [-0.2, 0) is 19.5 Å². The van der Waals surface area contributed by atoms with Gasteiger partial charge in [-0.25, -0.2) is 4.98 Å². The number of aromatic nitrogens is 1. The molecule has 162 valence electrons. The van der Waals surface area contributed by atoms with E-state index in [2.05, 4.69) is 27.3 Å². The molecule has 2 aromatic carbocycles. The van der Waals surface area contributed by atoms with E-state index >= 15 is 0 Å². The lowest BCUT2D eigenvalue weighted by Gasteiger charge is -2.29. The zero-order valence-electron chi connectivity index (χ0n) is 17.8. The highest BCUT2D eigenvalue weighted by Crippen LogP contribution is 2.33. The van der Waals surface area contributed by atoms with E-state index in [1.807, 2.05) is 35.9 Å².